The van der Waals surface area contributed by atoms with Crippen molar-refractivity contribution >= 4 is 6.09 Å². The highest BCUT2D eigenvalue weighted by Crippen LogP contribution is 2.22. The highest BCUT2D eigenvalue weighted by atomic mass is 16.6. The minimum atomic E-state index is -0.428. The molecule has 17 heavy (non-hydrogen) atoms. The van der Waals surface area contributed by atoms with Gasteiger partial charge in [0.15, 0.2) is 0 Å². The van der Waals surface area contributed by atoms with Crippen molar-refractivity contribution in [3.63, 3.8) is 0 Å². The topological polar surface area (TPSA) is 67.6 Å². The maximum absolute atomic E-state index is 11.9. The van der Waals surface area contributed by atoms with Crippen LogP contribution in [0.1, 0.15) is 33.6 Å². The molecule has 1 saturated heterocycles. The number of amides is 1. The molecule has 3 N–H and O–H groups in total. The van der Waals surface area contributed by atoms with Crippen LogP contribution < -0.4 is 11.1 Å². The van der Waals surface area contributed by atoms with E-state index in [1.807, 2.05) is 27.8 Å². The summed E-state index contributed by atoms with van der Waals surface area (Å²) in [4.78, 5) is 13.6. The third kappa shape index (κ3) is 3.85. The molecule has 1 aliphatic heterocycles. The van der Waals surface area contributed by atoms with Gasteiger partial charge in [0, 0.05) is 25.2 Å². The van der Waals surface area contributed by atoms with Gasteiger partial charge in [0.1, 0.15) is 5.60 Å². The van der Waals surface area contributed by atoms with Crippen LogP contribution in [-0.2, 0) is 4.74 Å². The van der Waals surface area contributed by atoms with Gasteiger partial charge in [0.05, 0.1) is 0 Å². The average molecular weight is 243 g/mol. The number of piperidine rings is 1. The molecule has 0 radical (unpaired) electrons. The number of likely N-dealkylation sites (N-methyl/N-ethyl adjacent to an activating group) is 1. The van der Waals surface area contributed by atoms with Gasteiger partial charge in [-0.1, -0.05) is 0 Å². The maximum atomic E-state index is 11.9. The van der Waals surface area contributed by atoms with Crippen molar-refractivity contribution in [2.75, 3.05) is 26.7 Å². The zero-order valence-electron chi connectivity index (χ0n) is 11.4. The van der Waals surface area contributed by atoms with Crippen LogP contribution in [-0.4, -0.2) is 48.8 Å². The summed E-state index contributed by atoms with van der Waals surface area (Å²) in [6.45, 7) is 7.65. The Hall–Kier alpha value is -0.810. The number of nitrogens with zero attached hydrogens (tertiary/aromatic N) is 1. The van der Waals surface area contributed by atoms with Gasteiger partial charge >= 0.3 is 6.09 Å². The van der Waals surface area contributed by atoms with Crippen molar-refractivity contribution in [2.24, 2.45) is 5.73 Å². The zero-order chi connectivity index (χ0) is 13.1. The number of likely N-dealkylation sites (tertiary alicyclic amines) is 1. The van der Waals surface area contributed by atoms with Crippen LogP contribution in [0.2, 0.25) is 0 Å². The van der Waals surface area contributed by atoms with Crippen molar-refractivity contribution < 1.29 is 9.53 Å². The molecule has 0 atom stereocenters. The van der Waals surface area contributed by atoms with Gasteiger partial charge in [-0.25, -0.2) is 4.79 Å². The van der Waals surface area contributed by atoms with Crippen molar-refractivity contribution in [1.29, 1.82) is 0 Å². The molecule has 1 amide bonds. The molecule has 0 aromatic carbocycles. The van der Waals surface area contributed by atoms with Crippen LogP contribution >= 0.6 is 0 Å². The zero-order valence-corrected chi connectivity index (χ0v) is 11.4. The maximum Gasteiger partial charge on any atom is 0.410 e. The summed E-state index contributed by atoms with van der Waals surface area (Å²) < 4.78 is 5.35. The number of carbonyl (C=O) groups excluding carboxylic acids is 1. The van der Waals surface area contributed by atoms with E-state index in [-0.39, 0.29) is 11.6 Å². The first kappa shape index (κ1) is 14.3. The Balaban J connectivity index is 2.49. The Kier molecular flexibility index (Phi) is 4.38. The normalized spacial score (nSPS) is 20.2. The molecule has 0 aliphatic carbocycles. The lowest BCUT2D eigenvalue weighted by molar-refractivity contribution is 0.0156. The van der Waals surface area contributed by atoms with Gasteiger partial charge < -0.3 is 20.7 Å². The molecular weight excluding hydrogens is 218 g/mol. The SMILES string of the molecule is CNC1(CN)CCN(C(=O)OC(C)(C)C)CC1. The minimum Gasteiger partial charge on any atom is -0.444 e. The van der Waals surface area contributed by atoms with E-state index in [4.69, 9.17) is 10.5 Å². The summed E-state index contributed by atoms with van der Waals surface area (Å²) in [5.74, 6) is 0. The molecule has 5 nitrogen and oxygen atoms in total. The average Bonchev–Trinajstić information content (AvgIpc) is 2.27. The lowest BCUT2D eigenvalue weighted by Gasteiger charge is -2.41. The Bertz CT molecular complexity index is 259. The van der Waals surface area contributed by atoms with E-state index >= 15 is 0 Å². The molecular formula is C12H25N3O2. The Labute approximate surface area is 104 Å². The summed E-state index contributed by atoms with van der Waals surface area (Å²) in [7, 11) is 1.93. The largest absolute Gasteiger partial charge is 0.444 e. The number of ether oxygens (including phenoxy) is 1. The molecule has 0 spiro atoms. The van der Waals surface area contributed by atoms with E-state index in [1.165, 1.54) is 0 Å². The Morgan fingerprint density at radius 3 is 2.29 bits per heavy atom. The molecule has 1 rings (SSSR count). The van der Waals surface area contributed by atoms with Crippen LogP contribution in [0.4, 0.5) is 4.79 Å². The van der Waals surface area contributed by atoms with E-state index < -0.39 is 5.60 Å². The van der Waals surface area contributed by atoms with Crippen LogP contribution in [0, 0.1) is 0 Å². The minimum absolute atomic E-state index is 0.0154. The quantitative estimate of drug-likeness (QED) is 0.757. The first-order chi connectivity index (χ1) is 7.82. The number of hydrogen-bond acceptors (Lipinski definition) is 4. The fourth-order valence-electron chi connectivity index (χ4n) is 2.00. The smallest absolute Gasteiger partial charge is 0.410 e. The third-order valence-corrected chi connectivity index (χ3v) is 3.29. The van der Waals surface area contributed by atoms with E-state index in [2.05, 4.69) is 5.32 Å². The van der Waals surface area contributed by atoms with Gasteiger partial charge in [-0.15, -0.1) is 0 Å². The number of nitrogens with one attached hydrogen (secondary N) is 1. The number of nitrogens with two attached hydrogens (primary N) is 1. The number of carbonyl (C=O) groups is 1. The standard InChI is InChI=1S/C12H25N3O2/c1-11(2,3)17-10(16)15-7-5-12(9-13,14-4)6-8-15/h14H,5-9,13H2,1-4H3. The monoisotopic (exact) mass is 243 g/mol. The predicted octanol–water partition coefficient (Wildman–Crippen LogP) is 0.934. The van der Waals surface area contributed by atoms with Crippen LogP contribution in [0.15, 0.2) is 0 Å². The number of hydrogen-bond donors (Lipinski definition) is 2. The molecule has 0 bridgehead atoms. The highest BCUT2D eigenvalue weighted by molar-refractivity contribution is 5.68. The van der Waals surface area contributed by atoms with Gasteiger partial charge in [-0.2, -0.15) is 0 Å². The molecule has 5 heteroatoms. The van der Waals surface area contributed by atoms with Gasteiger partial charge in [0.2, 0.25) is 0 Å². The molecule has 0 unspecified atom stereocenters. The fourth-order valence-corrected chi connectivity index (χ4v) is 2.00. The van der Waals surface area contributed by atoms with Gasteiger partial charge in [-0.3, -0.25) is 0 Å². The van der Waals surface area contributed by atoms with Crippen molar-refractivity contribution in [1.82, 2.24) is 10.2 Å². The molecule has 0 aromatic rings. The predicted molar refractivity (Wildman–Crippen MR) is 67.9 cm³/mol. The van der Waals surface area contributed by atoms with Crippen molar-refractivity contribution in [3.05, 3.63) is 0 Å². The molecule has 1 heterocycles. The van der Waals surface area contributed by atoms with E-state index in [0.29, 0.717) is 19.6 Å². The summed E-state index contributed by atoms with van der Waals surface area (Å²) in [6.07, 6.45) is 1.53. The fraction of sp³-hybridized carbons (Fsp3) is 0.917. The lowest BCUT2D eigenvalue weighted by atomic mass is 9.88. The second-order valence-corrected chi connectivity index (χ2v) is 5.70. The van der Waals surface area contributed by atoms with E-state index in [0.717, 1.165) is 12.8 Å². The van der Waals surface area contributed by atoms with E-state index in [9.17, 15) is 4.79 Å². The van der Waals surface area contributed by atoms with Crippen LogP contribution in [0.5, 0.6) is 0 Å². The second-order valence-electron chi connectivity index (χ2n) is 5.70. The summed E-state index contributed by atoms with van der Waals surface area (Å²) in [5.41, 5.74) is 5.33. The molecule has 0 saturated carbocycles. The molecule has 1 aliphatic rings. The first-order valence-electron chi connectivity index (χ1n) is 6.19. The summed E-state index contributed by atoms with van der Waals surface area (Å²) in [5, 5.41) is 3.27. The summed E-state index contributed by atoms with van der Waals surface area (Å²) in [6, 6.07) is 0. The van der Waals surface area contributed by atoms with Gasteiger partial charge in [-0.05, 0) is 40.7 Å². The molecule has 0 aromatic heterocycles. The first-order valence-corrected chi connectivity index (χ1v) is 6.19. The number of rotatable bonds is 2. The van der Waals surface area contributed by atoms with Crippen molar-refractivity contribution in [2.45, 2.75) is 44.8 Å². The third-order valence-electron chi connectivity index (χ3n) is 3.29. The highest BCUT2D eigenvalue weighted by Gasteiger charge is 2.34. The van der Waals surface area contributed by atoms with E-state index in [1.54, 1.807) is 4.90 Å². The molecule has 1 fully saturated rings. The lowest BCUT2D eigenvalue weighted by Crippen LogP contribution is -2.57. The second kappa shape index (κ2) is 5.23. The van der Waals surface area contributed by atoms with Crippen LogP contribution in [0.25, 0.3) is 0 Å². The Morgan fingerprint density at radius 1 is 1.41 bits per heavy atom. The van der Waals surface area contributed by atoms with Crippen LogP contribution in [0.3, 0.4) is 0 Å². The van der Waals surface area contributed by atoms with Crippen molar-refractivity contribution in [3.8, 4) is 0 Å². The Morgan fingerprint density at radius 2 is 1.94 bits per heavy atom. The molecule has 100 valence electrons. The summed E-state index contributed by atoms with van der Waals surface area (Å²) >= 11 is 0. The van der Waals surface area contributed by atoms with Gasteiger partial charge in [0.25, 0.3) is 0 Å².